The van der Waals surface area contributed by atoms with Crippen LogP contribution in [0, 0.1) is 0 Å². The highest BCUT2D eigenvalue weighted by Gasteiger charge is 2.21. The van der Waals surface area contributed by atoms with Crippen molar-refractivity contribution in [2.75, 3.05) is 45.7 Å². The molecule has 1 N–H and O–H groups in total. The smallest absolute Gasteiger partial charge is 0.303 e. The van der Waals surface area contributed by atoms with Gasteiger partial charge in [-0.3, -0.25) is 9.10 Å². The molecule has 0 aliphatic carbocycles. The van der Waals surface area contributed by atoms with Crippen molar-refractivity contribution in [3.8, 4) is 11.5 Å². The summed E-state index contributed by atoms with van der Waals surface area (Å²) >= 11 is 0. The molecule has 152 valence electrons. The fraction of sp³-hybridized carbons (Fsp3) is 0.316. The molecular weight excluding hydrogens is 382 g/mol. The lowest BCUT2D eigenvalue weighted by Gasteiger charge is -2.23. The van der Waals surface area contributed by atoms with Crippen molar-refractivity contribution in [1.29, 1.82) is 0 Å². The molecule has 0 aromatic heterocycles. The molecule has 0 bridgehead atoms. The molecule has 0 aliphatic rings. The van der Waals surface area contributed by atoms with Crippen molar-refractivity contribution in [3.63, 3.8) is 0 Å². The lowest BCUT2D eigenvalue weighted by Crippen LogP contribution is -2.37. The average molecular weight is 407 g/mol. The summed E-state index contributed by atoms with van der Waals surface area (Å²) in [4.78, 5) is 12.2. The van der Waals surface area contributed by atoms with E-state index < -0.39 is 10.2 Å². The number of nitrogens with zero attached hydrogens (tertiary/aromatic N) is 2. The Morgan fingerprint density at radius 2 is 1.68 bits per heavy atom. The molecule has 0 unspecified atom stereocenters. The number of nitrogens with one attached hydrogen (secondary N) is 1. The summed E-state index contributed by atoms with van der Waals surface area (Å²) < 4.78 is 37.2. The van der Waals surface area contributed by atoms with Crippen LogP contribution < -0.4 is 19.1 Å². The van der Waals surface area contributed by atoms with Gasteiger partial charge in [-0.1, -0.05) is 6.07 Å². The number of amides is 1. The maximum atomic E-state index is 12.2. The van der Waals surface area contributed by atoms with Gasteiger partial charge in [-0.25, -0.2) is 0 Å². The highest BCUT2D eigenvalue weighted by atomic mass is 32.2. The Labute approximate surface area is 165 Å². The van der Waals surface area contributed by atoms with Gasteiger partial charge >= 0.3 is 10.2 Å². The zero-order valence-electron chi connectivity index (χ0n) is 16.4. The summed E-state index contributed by atoms with van der Waals surface area (Å²) in [6, 6.07) is 13.5. The first-order chi connectivity index (χ1) is 13.3. The summed E-state index contributed by atoms with van der Waals surface area (Å²) in [5.41, 5.74) is 0.896. The molecule has 9 heteroatoms. The predicted molar refractivity (Wildman–Crippen MR) is 108 cm³/mol. The molecule has 2 aromatic carbocycles. The van der Waals surface area contributed by atoms with Crippen molar-refractivity contribution in [2.45, 2.75) is 0 Å². The Bertz CT molecular complexity index is 898. The van der Waals surface area contributed by atoms with Gasteiger partial charge in [-0.05, 0) is 36.4 Å². The second-order valence-corrected chi connectivity index (χ2v) is 8.26. The van der Waals surface area contributed by atoms with E-state index in [-0.39, 0.29) is 5.91 Å². The van der Waals surface area contributed by atoms with Gasteiger partial charge in [0.1, 0.15) is 18.1 Å². The number of hydrogen-bond donors (Lipinski definition) is 1. The minimum absolute atomic E-state index is 0.265. The summed E-state index contributed by atoms with van der Waals surface area (Å²) in [5, 5.41) is 2.76. The molecule has 2 aromatic rings. The fourth-order valence-corrected chi connectivity index (χ4v) is 3.21. The highest BCUT2D eigenvalue weighted by Crippen LogP contribution is 2.19. The summed E-state index contributed by atoms with van der Waals surface area (Å²) in [6.45, 7) is 0.632. The number of carbonyl (C=O) groups excluding carboxylic acids is 1. The predicted octanol–water partition coefficient (Wildman–Crippen LogP) is 1.75. The molecule has 0 heterocycles. The Morgan fingerprint density at radius 1 is 1.04 bits per heavy atom. The van der Waals surface area contributed by atoms with Gasteiger partial charge in [-0.15, -0.1) is 0 Å². The third-order valence-electron chi connectivity index (χ3n) is 4.00. The van der Waals surface area contributed by atoms with E-state index in [0.29, 0.717) is 35.9 Å². The second-order valence-electron chi connectivity index (χ2n) is 6.09. The molecule has 0 aliphatic heterocycles. The minimum atomic E-state index is -3.57. The van der Waals surface area contributed by atoms with Crippen LogP contribution >= 0.6 is 0 Å². The van der Waals surface area contributed by atoms with Crippen LogP contribution in [-0.4, -0.2) is 60.0 Å². The van der Waals surface area contributed by atoms with Crippen LogP contribution in [-0.2, 0) is 10.2 Å². The number of carbonyl (C=O) groups is 1. The molecule has 0 radical (unpaired) electrons. The van der Waals surface area contributed by atoms with E-state index in [2.05, 4.69) is 5.32 Å². The van der Waals surface area contributed by atoms with E-state index in [1.54, 1.807) is 43.5 Å². The van der Waals surface area contributed by atoms with Gasteiger partial charge in [0, 0.05) is 32.8 Å². The van der Waals surface area contributed by atoms with Gasteiger partial charge in [-0.2, -0.15) is 12.7 Å². The van der Waals surface area contributed by atoms with Crippen LogP contribution in [0.25, 0.3) is 0 Å². The molecule has 0 fully saturated rings. The SMILES string of the molecule is COc1cccc(OCCNC(=O)c2ccc(N(C)S(=O)(=O)N(C)C)cc2)c1. The second kappa shape index (κ2) is 9.43. The molecule has 0 spiro atoms. The van der Waals surface area contributed by atoms with Gasteiger partial charge in [0.25, 0.3) is 5.91 Å². The van der Waals surface area contributed by atoms with Crippen LogP contribution in [0.2, 0.25) is 0 Å². The topological polar surface area (TPSA) is 88.2 Å². The van der Waals surface area contributed by atoms with Crippen molar-refractivity contribution < 1.29 is 22.7 Å². The van der Waals surface area contributed by atoms with Gasteiger partial charge in [0.05, 0.1) is 19.3 Å². The summed E-state index contributed by atoms with van der Waals surface area (Å²) in [5.74, 6) is 1.09. The molecular formula is C19H25N3O5S. The molecule has 1 amide bonds. The Balaban J connectivity index is 1.87. The maximum Gasteiger partial charge on any atom is 0.303 e. The first kappa shape index (κ1) is 21.5. The highest BCUT2D eigenvalue weighted by molar-refractivity contribution is 7.90. The van der Waals surface area contributed by atoms with Crippen molar-refractivity contribution in [2.24, 2.45) is 0 Å². The Hall–Kier alpha value is -2.78. The largest absolute Gasteiger partial charge is 0.497 e. The fourth-order valence-electron chi connectivity index (χ4n) is 2.33. The lowest BCUT2D eigenvalue weighted by molar-refractivity contribution is 0.0947. The van der Waals surface area contributed by atoms with E-state index in [4.69, 9.17) is 9.47 Å². The molecule has 0 saturated heterocycles. The third-order valence-corrected chi connectivity index (χ3v) is 5.82. The van der Waals surface area contributed by atoms with Crippen molar-refractivity contribution in [1.82, 2.24) is 9.62 Å². The zero-order valence-corrected chi connectivity index (χ0v) is 17.2. The molecule has 0 atom stereocenters. The van der Waals surface area contributed by atoms with Crippen LogP contribution in [0.3, 0.4) is 0 Å². The van der Waals surface area contributed by atoms with Crippen molar-refractivity contribution in [3.05, 3.63) is 54.1 Å². The Kier molecular flexibility index (Phi) is 7.24. The minimum Gasteiger partial charge on any atom is -0.497 e. The number of ether oxygens (including phenoxy) is 2. The number of benzene rings is 2. The number of anilines is 1. The molecule has 28 heavy (non-hydrogen) atoms. The van der Waals surface area contributed by atoms with Gasteiger partial charge in [0.2, 0.25) is 0 Å². The first-order valence-electron chi connectivity index (χ1n) is 8.57. The molecule has 0 saturated carbocycles. The zero-order chi connectivity index (χ0) is 20.7. The Morgan fingerprint density at radius 3 is 2.29 bits per heavy atom. The van der Waals surface area contributed by atoms with E-state index in [9.17, 15) is 13.2 Å². The van der Waals surface area contributed by atoms with Gasteiger partial charge in [0.15, 0.2) is 0 Å². The van der Waals surface area contributed by atoms with E-state index in [1.807, 2.05) is 12.1 Å². The number of rotatable bonds is 9. The monoisotopic (exact) mass is 407 g/mol. The average Bonchev–Trinajstić information content (AvgIpc) is 2.70. The normalized spacial score (nSPS) is 11.2. The molecule has 2 rings (SSSR count). The van der Waals surface area contributed by atoms with Crippen LogP contribution in [0.1, 0.15) is 10.4 Å². The molecule has 8 nitrogen and oxygen atoms in total. The lowest BCUT2D eigenvalue weighted by atomic mass is 10.2. The quantitative estimate of drug-likeness (QED) is 0.640. The third kappa shape index (κ3) is 5.37. The summed E-state index contributed by atoms with van der Waals surface area (Å²) in [7, 11) is 2.39. The summed E-state index contributed by atoms with van der Waals surface area (Å²) in [6.07, 6.45) is 0. The van der Waals surface area contributed by atoms with E-state index >= 15 is 0 Å². The first-order valence-corrected chi connectivity index (χ1v) is 9.97. The number of methoxy groups -OCH3 is 1. The van der Waals surface area contributed by atoms with Crippen molar-refractivity contribution >= 4 is 21.8 Å². The van der Waals surface area contributed by atoms with Gasteiger partial charge < -0.3 is 14.8 Å². The van der Waals surface area contributed by atoms with Crippen LogP contribution in [0.4, 0.5) is 5.69 Å². The van der Waals surface area contributed by atoms with Crippen LogP contribution in [0.5, 0.6) is 11.5 Å². The van der Waals surface area contributed by atoms with Crippen LogP contribution in [0.15, 0.2) is 48.5 Å². The standard InChI is InChI=1S/C19H25N3O5S/c1-21(2)28(24,25)22(3)16-10-8-15(9-11-16)19(23)20-12-13-27-18-7-5-6-17(14-18)26-4/h5-11,14H,12-13H2,1-4H3,(H,20,23). The van der Waals surface area contributed by atoms with E-state index in [0.717, 1.165) is 8.61 Å². The van der Waals surface area contributed by atoms with E-state index in [1.165, 1.54) is 21.1 Å². The number of hydrogen-bond acceptors (Lipinski definition) is 5. The maximum absolute atomic E-state index is 12.2.